The van der Waals surface area contributed by atoms with Crippen molar-refractivity contribution in [1.82, 2.24) is 4.90 Å². The minimum Gasteiger partial charge on any atom is -0.508 e. The van der Waals surface area contributed by atoms with Crippen molar-refractivity contribution >= 4 is 17.7 Å². The van der Waals surface area contributed by atoms with Crippen molar-refractivity contribution in [2.45, 2.75) is 18.9 Å². The lowest BCUT2D eigenvalue weighted by Crippen LogP contribution is -2.50. The van der Waals surface area contributed by atoms with Gasteiger partial charge in [0.2, 0.25) is 0 Å². The van der Waals surface area contributed by atoms with Gasteiger partial charge in [0, 0.05) is 24.8 Å². The predicted octanol–water partition coefficient (Wildman–Crippen LogP) is 0.826. The van der Waals surface area contributed by atoms with Crippen LogP contribution in [0.5, 0.6) is 5.75 Å². The standard InChI is InChI=1S/C14H19N3O4/c15-10-5-7-16(8-6-10)14(21)17(9-13(19)20)11-1-3-12(18)4-2-11/h1-4,10,18H,5-9,15H2,(H,19,20). The predicted molar refractivity (Wildman–Crippen MR) is 77.3 cm³/mol. The summed E-state index contributed by atoms with van der Waals surface area (Å²) in [4.78, 5) is 26.3. The Labute approximate surface area is 122 Å². The molecule has 0 saturated carbocycles. The van der Waals surface area contributed by atoms with E-state index in [1.165, 1.54) is 29.2 Å². The molecule has 21 heavy (non-hydrogen) atoms. The van der Waals surface area contributed by atoms with Crippen molar-refractivity contribution < 1.29 is 19.8 Å². The quantitative estimate of drug-likeness (QED) is 0.765. The van der Waals surface area contributed by atoms with E-state index in [1.807, 2.05) is 0 Å². The lowest BCUT2D eigenvalue weighted by Gasteiger charge is -2.34. The van der Waals surface area contributed by atoms with E-state index >= 15 is 0 Å². The van der Waals surface area contributed by atoms with Crippen molar-refractivity contribution in [3.63, 3.8) is 0 Å². The molecule has 114 valence electrons. The summed E-state index contributed by atoms with van der Waals surface area (Å²) in [6, 6.07) is 5.62. The second kappa shape index (κ2) is 6.45. The average molecular weight is 293 g/mol. The van der Waals surface area contributed by atoms with E-state index in [9.17, 15) is 14.7 Å². The van der Waals surface area contributed by atoms with Crippen LogP contribution in [0.2, 0.25) is 0 Å². The van der Waals surface area contributed by atoms with Gasteiger partial charge in [-0.15, -0.1) is 0 Å². The number of benzene rings is 1. The summed E-state index contributed by atoms with van der Waals surface area (Å²) in [5.41, 5.74) is 6.25. The summed E-state index contributed by atoms with van der Waals surface area (Å²) in [7, 11) is 0. The molecule has 4 N–H and O–H groups in total. The second-order valence-electron chi connectivity index (χ2n) is 5.10. The Hall–Kier alpha value is -2.28. The largest absolute Gasteiger partial charge is 0.508 e. The first-order chi connectivity index (χ1) is 9.97. The van der Waals surface area contributed by atoms with Gasteiger partial charge in [-0.05, 0) is 37.1 Å². The molecule has 2 amide bonds. The zero-order chi connectivity index (χ0) is 15.4. The molecule has 0 unspecified atom stereocenters. The maximum atomic E-state index is 12.5. The van der Waals surface area contributed by atoms with Crippen LogP contribution < -0.4 is 10.6 Å². The van der Waals surface area contributed by atoms with Crippen LogP contribution in [-0.2, 0) is 4.79 Å². The lowest BCUT2D eigenvalue weighted by atomic mass is 10.1. The normalized spacial score (nSPS) is 15.8. The third-order valence-electron chi connectivity index (χ3n) is 3.50. The Morgan fingerprint density at radius 1 is 1.24 bits per heavy atom. The van der Waals surface area contributed by atoms with Crippen LogP contribution in [-0.4, -0.2) is 52.8 Å². The number of hydrogen-bond acceptors (Lipinski definition) is 4. The van der Waals surface area contributed by atoms with Crippen molar-refractivity contribution in [1.29, 1.82) is 0 Å². The van der Waals surface area contributed by atoms with E-state index in [1.54, 1.807) is 4.90 Å². The van der Waals surface area contributed by atoms with Crippen molar-refractivity contribution in [3.05, 3.63) is 24.3 Å². The smallest absolute Gasteiger partial charge is 0.325 e. The van der Waals surface area contributed by atoms with Crippen LogP contribution in [0.1, 0.15) is 12.8 Å². The zero-order valence-electron chi connectivity index (χ0n) is 11.6. The van der Waals surface area contributed by atoms with Gasteiger partial charge in [-0.3, -0.25) is 9.69 Å². The summed E-state index contributed by atoms with van der Waals surface area (Å²) in [5, 5.41) is 18.3. The van der Waals surface area contributed by atoms with E-state index in [-0.39, 0.29) is 17.8 Å². The molecule has 1 heterocycles. The summed E-state index contributed by atoms with van der Waals surface area (Å²) in [5.74, 6) is -1.03. The van der Waals surface area contributed by atoms with Gasteiger partial charge in [0.05, 0.1) is 0 Å². The number of phenolic OH excluding ortho intramolecular Hbond substituents is 1. The number of phenols is 1. The maximum absolute atomic E-state index is 12.5. The number of carboxylic acid groups (broad SMARTS) is 1. The van der Waals surface area contributed by atoms with Crippen LogP contribution in [0.15, 0.2) is 24.3 Å². The van der Waals surface area contributed by atoms with Crippen molar-refractivity contribution in [2.75, 3.05) is 24.5 Å². The van der Waals surface area contributed by atoms with Crippen LogP contribution in [0.3, 0.4) is 0 Å². The number of aromatic hydroxyl groups is 1. The first-order valence-electron chi connectivity index (χ1n) is 6.80. The Kier molecular flexibility index (Phi) is 4.64. The molecule has 1 saturated heterocycles. The van der Waals surface area contributed by atoms with E-state index in [4.69, 9.17) is 10.8 Å². The summed E-state index contributed by atoms with van der Waals surface area (Å²) in [6.07, 6.45) is 1.42. The molecular weight excluding hydrogens is 274 g/mol. The number of urea groups is 1. The SMILES string of the molecule is NC1CCN(C(=O)N(CC(=O)O)c2ccc(O)cc2)CC1. The summed E-state index contributed by atoms with van der Waals surface area (Å²) < 4.78 is 0. The number of carboxylic acids is 1. The molecule has 1 aromatic rings. The first-order valence-corrected chi connectivity index (χ1v) is 6.80. The highest BCUT2D eigenvalue weighted by atomic mass is 16.4. The Bertz CT molecular complexity index is 509. The Morgan fingerprint density at radius 2 is 1.81 bits per heavy atom. The first kappa shape index (κ1) is 15.1. The molecule has 0 radical (unpaired) electrons. The third-order valence-corrected chi connectivity index (χ3v) is 3.50. The maximum Gasteiger partial charge on any atom is 0.325 e. The monoisotopic (exact) mass is 293 g/mol. The number of nitrogens with zero attached hydrogens (tertiary/aromatic N) is 2. The minimum atomic E-state index is -1.09. The van der Waals surface area contributed by atoms with Crippen LogP contribution in [0.4, 0.5) is 10.5 Å². The molecule has 1 aliphatic heterocycles. The van der Waals surface area contributed by atoms with Crippen LogP contribution >= 0.6 is 0 Å². The molecule has 7 heteroatoms. The molecule has 0 atom stereocenters. The molecule has 0 bridgehead atoms. The molecule has 2 rings (SSSR count). The van der Waals surface area contributed by atoms with E-state index < -0.39 is 12.5 Å². The highest BCUT2D eigenvalue weighted by molar-refractivity contribution is 5.96. The van der Waals surface area contributed by atoms with Gasteiger partial charge in [-0.25, -0.2) is 4.79 Å². The number of anilines is 1. The fourth-order valence-electron chi connectivity index (χ4n) is 2.30. The number of carbonyl (C=O) groups is 2. The summed E-state index contributed by atoms with van der Waals surface area (Å²) >= 11 is 0. The zero-order valence-corrected chi connectivity index (χ0v) is 11.6. The number of carbonyl (C=O) groups excluding carboxylic acids is 1. The van der Waals surface area contributed by atoms with Gasteiger partial charge in [0.1, 0.15) is 12.3 Å². The number of rotatable bonds is 3. The van der Waals surface area contributed by atoms with Gasteiger partial charge in [-0.1, -0.05) is 0 Å². The number of hydrogen-bond donors (Lipinski definition) is 3. The Balaban J connectivity index is 2.17. The number of nitrogens with two attached hydrogens (primary N) is 1. The fraction of sp³-hybridized carbons (Fsp3) is 0.429. The Morgan fingerprint density at radius 3 is 2.33 bits per heavy atom. The molecule has 1 aliphatic rings. The van der Waals surface area contributed by atoms with Gasteiger partial charge in [0.25, 0.3) is 0 Å². The van der Waals surface area contributed by atoms with Crippen LogP contribution in [0.25, 0.3) is 0 Å². The number of amides is 2. The minimum absolute atomic E-state index is 0.0606. The van der Waals surface area contributed by atoms with E-state index in [2.05, 4.69) is 0 Å². The number of aliphatic carboxylic acids is 1. The van der Waals surface area contributed by atoms with Gasteiger partial charge in [-0.2, -0.15) is 0 Å². The third kappa shape index (κ3) is 3.85. The average Bonchev–Trinajstić information content (AvgIpc) is 2.46. The molecule has 7 nitrogen and oxygen atoms in total. The molecule has 0 aromatic heterocycles. The van der Waals surface area contributed by atoms with Gasteiger partial charge in [0.15, 0.2) is 0 Å². The molecule has 1 fully saturated rings. The van der Waals surface area contributed by atoms with Crippen molar-refractivity contribution in [3.8, 4) is 5.75 Å². The van der Waals surface area contributed by atoms with Crippen LogP contribution in [0, 0.1) is 0 Å². The lowest BCUT2D eigenvalue weighted by molar-refractivity contribution is -0.135. The highest BCUT2D eigenvalue weighted by Crippen LogP contribution is 2.21. The highest BCUT2D eigenvalue weighted by Gasteiger charge is 2.27. The van der Waals surface area contributed by atoms with Crippen molar-refractivity contribution in [2.24, 2.45) is 5.73 Å². The van der Waals surface area contributed by atoms with Gasteiger partial charge >= 0.3 is 12.0 Å². The molecule has 0 spiro atoms. The topological polar surface area (TPSA) is 107 Å². The number of piperidine rings is 1. The number of likely N-dealkylation sites (tertiary alicyclic amines) is 1. The summed E-state index contributed by atoms with van der Waals surface area (Å²) in [6.45, 7) is 0.620. The molecule has 0 aliphatic carbocycles. The van der Waals surface area contributed by atoms with Gasteiger partial charge < -0.3 is 20.8 Å². The molecular formula is C14H19N3O4. The van der Waals surface area contributed by atoms with E-state index in [0.717, 1.165) is 0 Å². The second-order valence-corrected chi connectivity index (χ2v) is 5.10. The fourth-order valence-corrected chi connectivity index (χ4v) is 2.30. The van der Waals surface area contributed by atoms with E-state index in [0.29, 0.717) is 31.6 Å². The molecule has 1 aromatic carbocycles.